The fourth-order valence-corrected chi connectivity index (χ4v) is 3.69. The maximum Gasteiger partial charge on any atom is 0.419 e. The third-order valence-electron chi connectivity index (χ3n) is 5.59. The Morgan fingerprint density at radius 3 is 2.64 bits per heavy atom. The molecular formula is C22H25F4N3O7. The summed E-state index contributed by atoms with van der Waals surface area (Å²) in [6.07, 6.45) is -6.26. The highest BCUT2D eigenvalue weighted by Crippen LogP contribution is 2.32. The molecule has 1 aliphatic rings. The average Bonchev–Trinajstić information content (AvgIpc) is 3.20. The van der Waals surface area contributed by atoms with Gasteiger partial charge in [0.2, 0.25) is 0 Å². The number of carbonyl (C=O) groups excluding carboxylic acids is 1. The number of aryl methyl sites for hydroxylation is 1. The molecule has 198 valence electrons. The van der Waals surface area contributed by atoms with Crippen molar-refractivity contribution in [3.8, 4) is 0 Å². The Hall–Kier alpha value is -3.07. The van der Waals surface area contributed by atoms with Gasteiger partial charge in [-0.05, 0) is 25.1 Å². The Labute approximate surface area is 201 Å². The van der Waals surface area contributed by atoms with Crippen molar-refractivity contribution in [1.82, 2.24) is 14.5 Å². The first-order valence-corrected chi connectivity index (χ1v) is 10.9. The van der Waals surface area contributed by atoms with E-state index in [1.807, 2.05) is 0 Å². The standard InChI is InChI=1S/C22H25F4N3O7/c1-12-10-29(18-9-16(31)17(11-30)36-18)21(34)28(20(12)33)5-7-35-6-4-27-19(32)13-2-3-15(23)14(8-13)22(24,25)26/h2-3,8,10,16-18,30-31H,4-7,9,11H2,1H3,(H,27,32)/t16-,17+,18+/m0/s1/i23+0. The summed E-state index contributed by atoms with van der Waals surface area (Å²) in [7, 11) is 0. The van der Waals surface area contributed by atoms with Gasteiger partial charge >= 0.3 is 11.9 Å². The lowest BCUT2D eigenvalue weighted by molar-refractivity contribution is -0.140. The van der Waals surface area contributed by atoms with Crippen molar-refractivity contribution in [3.05, 3.63) is 67.7 Å². The Balaban J connectivity index is 1.54. The van der Waals surface area contributed by atoms with Crippen LogP contribution >= 0.6 is 0 Å². The quantitative estimate of drug-likeness (QED) is 0.326. The predicted molar refractivity (Wildman–Crippen MR) is 116 cm³/mol. The Morgan fingerprint density at radius 2 is 2.00 bits per heavy atom. The van der Waals surface area contributed by atoms with Crippen LogP contribution in [0, 0.1) is 12.7 Å². The van der Waals surface area contributed by atoms with E-state index in [-0.39, 0.29) is 43.9 Å². The highest BCUT2D eigenvalue weighted by Gasteiger charge is 2.36. The molecule has 3 atom stereocenters. The summed E-state index contributed by atoms with van der Waals surface area (Å²) in [6.45, 7) is 0.653. The number of nitrogens with zero attached hydrogens (tertiary/aromatic N) is 2. The second-order valence-corrected chi connectivity index (χ2v) is 8.13. The third-order valence-corrected chi connectivity index (χ3v) is 5.59. The van der Waals surface area contributed by atoms with Crippen molar-refractivity contribution in [2.75, 3.05) is 26.4 Å². The van der Waals surface area contributed by atoms with Crippen LogP contribution in [0.2, 0.25) is 0 Å². The van der Waals surface area contributed by atoms with E-state index in [9.17, 15) is 42.2 Å². The molecule has 0 bridgehead atoms. The number of rotatable bonds is 9. The maximum atomic E-state index is 13.4. The summed E-state index contributed by atoms with van der Waals surface area (Å²) in [5, 5.41) is 21.5. The number of amides is 1. The van der Waals surface area contributed by atoms with Crippen molar-refractivity contribution >= 4 is 5.91 Å². The van der Waals surface area contributed by atoms with Crippen LogP contribution in [0.5, 0.6) is 0 Å². The van der Waals surface area contributed by atoms with Gasteiger partial charge in [-0.3, -0.25) is 18.7 Å². The van der Waals surface area contributed by atoms with Gasteiger partial charge in [0.05, 0.1) is 38.0 Å². The number of nitrogens with one attached hydrogen (secondary N) is 1. The molecule has 1 fully saturated rings. The molecule has 14 heteroatoms. The first-order valence-electron chi connectivity index (χ1n) is 10.9. The number of alkyl halides is 3. The molecule has 0 aliphatic carbocycles. The molecule has 0 unspecified atom stereocenters. The molecule has 3 N–H and O–H groups in total. The zero-order valence-electron chi connectivity index (χ0n) is 19.1. The lowest BCUT2D eigenvalue weighted by atomic mass is 10.1. The smallest absolute Gasteiger partial charge is 0.394 e. The fourth-order valence-electron chi connectivity index (χ4n) is 3.69. The Morgan fingerprint density at radius 1 is 1.28 bits per heavy atom. The molecule has 1 aromatic heterocycles. The minimum atomic E-state index is -4.94. The van der Waals surface area contributed by atoms with E-state index in [4.69, 9.17) is 9.47 Å². The number of aliphatic hydroxyl groups excluding tert-OH is 2. The average molecular weight is 519 g/mol. The SMILES string of the molecule is Cc1cn([C@H]2C[C@H](O)[C@@H](CO)O2)c(=O)n(CCOCCNC(=O)c2ccc([19F])c(C(F)(F)F)c2)c1=O. The van der Waals surface area contributed by atoms with Gasteiger partial charge < -0.3 is 25.0 Å². The predicted octanol–water partition coefficient (Wildman–Crippen LogP) is 0.564. The molecule has 2 heterocycles. The minimum Gasteiger partial charge on any atom is -0.394 e. The van der Waals surface area contributed by atoms with Gasteiger partial charge in [0.25, 0.3) is 11.5 Å². The molecular weight excluding hydrogens is 494 g/mol. The topological polar surface area (TPSA) is 132 Å². The summed E-state index contributed by atoms with van der Waals surface area (Å²) in [4.78, 5) is 37.3. The summed E-state index contributed by atoms with van der Waals surface area (Å²) < 4.78 is 64.6. The van der Waals surface area contributed by atoms with Gasteiger partial charge in [-0.25, -0.2) is 9.18 Å². The van der Waals surface area contributed by atoms with Crippen LogP contribution in [0.1, 0.15) is 34.1 Å². The summed E-state index contributed by atoms with van der Waals surface area (Å²) in [6, 6.07) is 1.89. The van der Waals surface area contributed by atoms with Crippen LogP contribution in [0.25, 0.3) is 0 Å². The molecule has 0 spiro atoms. The molecule has 2 aromatic rings. The van der Waals surface area contributed by atoms with Gasteiger partial charge in [0.15, 0.2) is 0 Å². The molecule has 1 aromatic carbocycles. The number of hydrogen-bond donors (Lipinski definition) is 3. The number of aliphatic hydroxyl groups is 2. The van der Waals surface area contributed by atoms with Crippen LogP contribution in [0.3, 0.4) is 0 Å². The van der Waals surface area contributed by atoms with Crippen molar-refractivity contribution in [1.29, 1.82) is 0 Å². The number of ether oxygens (including phenoxy) is 2. The number of benzene rings is 1. The molecule has 1 saturated heterocycles. The van der Waals surface area contributed by atoms with E-state index in [0.717, 1.165) is 15.2 Å². The Bertz CT molecular complexity index is 1210. The summed E-state index contributed by atoms with van der Waals surface area (Å²) >= 11 is 0. The van der Waals surface area contributed by atoms with Crippen LogP contribution in [0.4, 0.5) is 17.6 Å². The molecule has 3 rings (SSSR count). The minimum absolute atomic E-state index is 0.0531. The maximum absolute atomic E-state index is 13.4. The monoisotopic (exact) mass is 519 g/mol. The normalized spacial score (nSPS) is 20.0. The van der Waals surface area contributed by atoms with Gasteiger partial charge in [-0.2, -0.15) is 13.2 Å². The van der Waals surface area contributed by atoms with E-state index in [2.05, 4.69) is 5.32 Å². The zero-order valence-corrected chi connectivity index (χ0v) is 19.1. The van der Waals surface area contributed by atoms with Gasteiger partial charge in [0, 0.05) is 30.3 Å². The lowest BCUT2D eigenvalue weighted by Crippen LogP contribution is -2.43. The largest absolute Gasteiger partial charge is 0.419 e. The molecule has 0 radical (unpaired) electrons. The first kappa shape index (κ1) is 27.5. The van der Waals surface area contributed by atoms with Crippen LogP contribution in [-0.4, -0.2) is 63.8 Å². The van der Waals surface area contributed by atoms with E-state index < -0.39 is 59.8 Å². The van der Waals surface area contributed by atoms with E-state index in [0.29, 0.717) is 12.1 Å². The van der Waals surface area contributed by atoms with Crippen LogP contribution in [0.15, 0.2) is 34.0 Å². The van der Waals surface area contributed by atoms with Gasteiger partial charge in [-0.15, -0.1) is 0 Å². The van der Waals surface area contributed by atoms with Crippen LogP contribution in [-0.2, 0) is 22.2 Å². The fraction of sp³-hybridized carbons (Fsp3) is 0.500. The van der Waals surface area contributed by atoms with E-state index >= 15 is 0 Å². The second kappa shape index (κ2) is 11.3. The number of hydrogen-bond acceptors (Lipinski definition) is 7. The molecule has 1 amide bonds. The number of halogens is 4. The molecule has 36 heavy (non-hydrogen) atoms. The van der Waals surface area contributed by atoms with Gasteiger partial charge in [0.1, 0.15) is 18.1 Å². The van der Waals surface area contributed by atoms with Crippen molar-refractivity contribution in [3.63, 3.8) is 0 Å². The Kier molecular flexibility index (Phi) is 8.66. The second-order valence-electron chi connectivity index (χ2n) is 8.13. The van der Waals surface area contributed by atoms with Crippen molar-refractivity contribution < 1.29 is 42.0 Å². The van der Waals surface area contributed by atoms with Crippen LogP contribution < -0.4 is 16.6 Å². The summed E-state index contributed by atoms with van der Waals surface area (Å²) in [5.74, 6) is -2.35. The molecule has 10 nitrogen and oxygen atoms in total. The van der Waals surface area contributed by atoms with Gasteiger partial charge in [-0.1, -0.05) is 0 Å². The lowest BCUT2D eigenvalue weighted by Gasteiger charge is -2.17. The number of aromatic nitrogens is 2. The van der Waals surface area contributed by atoms with E-state index in [1.54, 1.807) is 0 Å². The number of carbonyl (C=O) groups is 1. The first-order chi connectivity index (χ1) is 16.9. The molecule has 1 aliphatic heterocycles. The van der Waals surface area contributed by atoms with Crippen molar-refractivity contribution in [2.45, 2.75) is 44.5 Å². The highest BCUT2D eigenvalue weighted by molar-refractivity contribution is 5.94. The van der Waals surface area contributed by atoms with E-state index in [1.165, 1.54) is 13.1 Å². The summed E-state index contributed by atoms with van der Waals surface area (Å²) in [5.41, 5.74) is -2.94. The zero-order chi connectivity index (χ0) is 26.6. The van der Waals surface area contributed by atoms with Crippen molar-refractivity contribution in [2.24, 2.45) is 0 Å². The third kappa shape index (κ3) is 6.19. The highest BCUT2D eigenvalue weighted by atomic mass is 19.4. The molecule has 0 saturated carbocycles.